The topological polar surface area (TPSA) is 70.1 Å². The second-order valence-electron chi connectivity index (χ2n) is 3.82. The Morgan fingerprint density at radius 3 is 2.94 bits per heavy atom. The van der Waals surface area contributed by atoms with Gasteiger partial charge in [0, 0.05) is 18.5 Å². The number of hydrogen-bond donors (Lipinski definition) is 2. The fourth-order valence-corrected chi connectivity index (χ4v) is 1.34. The highest BCUT2D eigenvalue weighted by molar-refractivity contribution is 5.87. The molecule has 0 spiro atoms. The number of allylic oxidation sites excluding steroid dienone is 2. The molecule has 1 heterocycles. The average Bonchev–Trinajstić information content (AvgIpc) is 2.62. The number of aryl methyl sites for hydroxylation is 1. The van der Waals surface area contributed by atoms with E-state index in [2.05, 4.69) is 20.3 Å². The number of aromatic amines is 1. The lowest BCUT2D eigenvalue weighted by Gasteiger charge is -2.02. The molecule has 1 rings (SSSR count). The number of aromatic nitrogens is 2. The monoisotopic (exact) mass is 234 g/mol. The number of carbonyl (C=O) groups is 1. The molecule has 1 aromatic heterocycles. The van der Waals surface area contributed by atoms with Gasteiger partial charge in [0.2, 0.25) is 0 Å². The first-order valence-corrected chi connectivity index (χ1v) is 5.52. The van der Waals surface area contributed by atoms with Crippen molar-refractivity contribution in [2.45, 2.75) is 20.8 Å². The highest BCUT2D eigenvalue weighted by Crippen LogP contribution is 1.91. The van der Waals surface area contributed by atoms with Crippen LogP contribution in [0.15, 0.2) is 23.0 Å². The summed E-state index contributed by atoms with van der Waals surface area (Å²) >= 11 is 0. The molecule has 0 atom stereocenters. The Hall–Kier alpha value is -1.91. The number of rotatable bonds is 6. The molecule has 0 aliphatic heterocycles. The summed E-state index contributed by atoms with van der Waals surface area (Å²) in [7, 11) is 0. The Morgan fingerprint density at radius 1 is 1.59 bits per heavy atom. The molecule has 2 N–H and O–H groups in total. The SMILES string of the molecule is CC(=O)/C=C(\C)NCCN=Cc1cnc(C)[nH]1. The summed E-state index contributed by atoms with van der Waals surface area (Å²) in [4.78, 5) is 22.1. The number of imidazole rings is 1. The van der Waals surface area contributed by atoms with Crippen LogP contribution < -0.4 is 5.32 Å². The van der Waals surface area contributed by atoms with Crippen LogP contribution in [-0.4, -0.2) is 35.1 Å². The van der Waals surface area contributed by atoms with Crippen molar-refractivity contribution < 1.29 is 4.79 Å². The van der Waals surface area contributed by atoms with E-state index in [1.807, 2.05) is 13.8 Å². The minimum absolute atomic E-state index is 0.0476. The lowest BCUT2D eigenvalue weighted by molar-refractivity contribution is -0.112. The number of nitrogens with one attached hydrogen (secondary N) is 2. The van der Waals surface area contributed by atoms with Crippen LogP contribution in [0.2, 0.25) is 0 Å². The summed E-state index contributed by atoms with van der Waals surface area (Å²) < 4.78 is 0. The van der Waals surface area contributed by atoms with Gasteiger partial charge in [0.05, 0.1) is 18.4 Å². The fraction of sp³-hybridized carbons (Fsp3) is 0.417. The van der Waals surface area contributed by atoms with E-state index in [-0.39, 0.29) is 5.78 Å². The Labute approximate surface area is 101 Å². The maximum absolute atomic E-state index is 10.8. The molecule has 0 aliphatic carbocycles. The minimum atomic E-state index is 0.0476. The van der Waals surface area contributed by atoms with Crippen molar-refractivity contribution in [3.63, 3.8) is 0 Å². The molecule has 0 unspecified atom stereocenters. The number of H-pyrrole nitrogens is 1. The molecule has 5 heteroatoms. The predicted molar refractivity (Wildman–Crippen MR) is 68.2 cm³/mol. The molecule has 5 nitrogen and oxygen atoms in total. The van der Waals surface area contributed by atoms with Crippen LogP contribution in [-0.2, 0) is 4.79 Å². The molecule has 17 heavy (non-hydrogen) atoms. The van der Waals surface area contributed by atoms with Crippen LogP contribution in [0.5, 0.6) is 0 Å². The van der Waals surface area contributed by atoms with Crippen molar-refractivity contribution in [2.75, 3.05) is 13.1 Å². The standard InChI is InChI=1S/C12H18N4O/c1-9(6-10(2)17)14-5-4-13-7-12-8-15-11(3)16-12/h6-8,14H,4-5H2,1-3H3,(H,15,16)/b9-6+,13-7?. The number of hydrogen-bond acceptors (Lipinski definition) is 4. The van der Waals surface area contributed by atoms with Gasteiger partial charge in [-0.2, -0.15) is 0 Å². The van der Waals surface area contributed by atoms with E-state index in [9.17, 15) is 4.79 Å². The van der Waals surface area contributed by atoms with Crippen LogP contribution >= 0.6 is 0 Å². The molecule has 92 valence electrons. The van der Waals surface area contributed by atoms with Gasteiger partial charge in [0.25, 0.3) is 0 Å². The van der Waals surface area contributed by atoms with Crippen molar-refractivity contribution >= 4 is 12.0 Å². The second-order valence-corrected chi connectivity index (χ2v) is 3.82. The zero-order valence-corrected chi connectivity index (χ0v) is 10.4. The van der Waals surface area contributed by atoms with Crippen LogP contribution in [0, 0.1) is 6.92 Å². The Morgan fingerprint density at radius 2 is 2.35 bits per heavy atom. The van der Waals surface area contributed by atoms with E-state index in [4.69, 9.17) is 0 Å². The van der Waals surface area contributed by atoms with Crippen molar-refractivity contribution in [3.05, 3.63) is 29.5 Å². The zero-order valence-electron chi connectivity index (χ0n) is 10.4. The maximum atomic E-state index is 10.8. The third kappa shape index (κ3) is 5.65. The van der Waals surface area contributed by atoms with Crippen molar-refractivity contribution in [1.82, 2.24) is 15.3 Å². The van der Waals surface area contributed by atoms with E-state index in [0.29, 0.717) is 13.1 Å². The molecule has 1 aromatic rings. The number of nitrogens with zero attached hydrogens (tertiary/aromatic N) is 2. The largest absolute Gasteiger partial charge is 0.387 e. The van der Waals surface area contributed by atoms with Gasteiger partial charge in [0.1, 0.15) is 5.82 Å². The summed E-state index contributed by atoms with van der Waals surface area (Å²) in [5.74, 6) is 0.927. The summed E-state index contributed by atoms with van der Waals surface area (Å²) in [6.07, 6.45) is 5.07. The van der Waals surface area contributed by atoms with Crippen LogP contribution in [0.3, 0.4) is 0 Å². The highest BCUT2D eigenvalue weighted by atomic mass is 16.1. The molecule has 0 radical (unpaired) electrons. The van der Waals surface area contributed by atoms with Crippen molar-refractivity contribution in [1.29, 1.82) is 0 Å². The summed E-state index contributed by atoms with van der Waals surface area (Å²) in [5.41, 5.74) is 1.77. The minimum Gasteiger partial charge on any atom is -0.387 e. The van der Waals surface area contributed by atoms with Gasteiger partial charge in [-0.05, 0) is 26.8 Å². The van der Waals surface area contributed by atoms with Gasteiger partial charge in [-0.3, -0.25) is 9.79 Å². The average molecular weight is 234 g/mol. The number of ketones is 1. The molecular formula is C12H18N4O. The van der Waals surface area contributed by atoms with Crippen LogP contribution in [0.1, 0.15) is 25.4 Å². The lowest BCUT2D eigenvalue weighted by atomic mass is 10.3. The smallest absolute Gasteiger partial charge is 0.154 e. The van der Waals surface area contributed by atoms with Gasteiger partial charge in [-0.25, -0.2) is 4.98 Å². The van der Waals surface area contributed by atoms with Crippen LogP contribution in [0.4, 0.5) is 0 Å². The number of carbonyl (C=O) groups excluding carboxylic acids is 1. The normalized spacial score (nSPS) is 12.1. The third-order valence-corrected chi connectivity index (χ3v) is 2.02. The highest BCUT2D eigenvalue weighted by Gasteiger charge is 1.92. The third-order valence-electron chi connectivity index (χ3n) is 2.02. The van der Waals surface area contributed by atoms with E-state index >= 15 is 0 Å². The Kier molecular flexibility index (Phi) is 5.13. The van der Waals surface area contributed by atoms with E-state index in [1.165, 1.54) is 6.92 Å². The molecule has 0 bridgehead atoms. The quantitative estimate of drug-likeness (QED) is 0.441. The van der Waals surface area contributed by atoms with Crippen molar-refractivity contribution in [2.24, 2.45) is 4.99 Å². The summed E-state index contributed by atoms with van der Waals surface area (Å²) in [6.45, 7) is 6.66. The fourth-order valence-electron chi connectivity index (χ4n) is 1.34. The van der Waals surface area contributed by atoms with Crippen LogP contribution in [0.25, 0.3) is 0 Å². The maximum Gasteiger partial charge on any atom is 0.154 e. The Bertz CT molecular complexity index is 431. The van der Waals surface area contributed by atoms with Gasteiger partial charge in [0.15, 0.2) is 5.78 Å². The predicted octanol–water partition coefficient (Wildman–Crippen LogP) is 1.22. The molecule has 0 saturated carbocycles. The van der Waals surface area contributed by atoms with Gasteiger partial charge in [-0.1, -0.05) is 0 Å². The second kappa shape index (κ2) is 6.62. The first-order valence-electron chi connectivity index (χ1n) is 5.52. The van der Waals surface area contributed by atoms with Crippen molar-refractivity contribution in [3.8, 4) is 0 Å². The molecular weight excluding hydrogens is 216 g/mol. The van der Waals surface area contributed by atoms with Gasteiger partial charge < -0.3 is 10.3 Å². The number of aliphatic imine (C=N–C) groups is 1. The van der Waals surface area contributed by atoms with Gasteiger partial charge in [-0.15, -0.1) is 0 Å². The Balaban J connectivity index is 2.24. The van der Waals surface area contributed by atoms with E-state index < -0.39 is 0 Å². The molecule has 0 aromatic carbocycles. The van der Waals surface area contributed by atoms with E-state index in [0.717, 1.165) is 17.2 Å². The van der Waals surface area contributed by atoms with Gasteiger partial charge >= 0.3 is 0 Å². The lowest BCUT2D eigenvalue weighted by Crippen LogP contribution is -2.16. The molecule has 0 aliphatic rings. The first kappa shape index (κ1) is 13.2. The summed E-state index contributed by atoms with van der Waals surface area (Å²) in [5, 5.41) is 3.11. The molecule has 0 saturated heterocycles. The zero-order chi connectivity index (χ0) is 12.7. The molecule has 0 amide bonds. The first-order chi connectivity index (χ1) is 8.08. The molecule has 0 fully saturated rings. The summed E-state index contributed by atoms with van der Waals surface area (Å²) in [6, 6.07) is 0. The van der Waals surface area contributed by atoms with E-state index in [1.54, 1.807) is 18.5 Å².